The Hall–Kier alpha value is -1.31. The number of carbonyl (C=O) groups excluding carboxylic acids is 1. The van der Waals surface area contributed by atoms with E-state index >= 15 is 0 Å². The van der Waals surface area contributed by atoms with Crippen molar-refractivity contribution in [3.8, 4) is 0 Å². The summed E-state index contributed by atoms with van der Waals surface area (Å²) < 4.78 is 5.38. The van der Waals surface area contributed by atoms with Crippen LogP contribution >= 0.6 is 0 Å². The van der Waals surface area contributed by atoms with Crippen molar-refractivity contribution >= 4 is 5.97 Å². The third kappa shape index (κ3) is 5.53. The van der Waals surface area contributed by atoms with Gasteiger partial charge in [0.05, 0.1) is 0 Å². The summed E-state index contributed by atoms with van der Waals surface area (Å²) in [6, 6.07) is 9.99. The minimum atomic E-state index is -0.200. The quantitative estimate of drug-likeness (QED) is 0.520. The molecule has 1 aromatic rings. The fraction of sp³-hybridized carbons (Fsp3) is 0.533. The highest BCUT2D eigenvalue weighted by Crippen LogP contribution is 2.24. The zero-order chi connectivity index (χ0) is 12.5. The van der Waals surface area contributed by atoms with E-state index < -0.39 is 0 Å². The lowest BCUT2D eigenvalue weighted by Gasteiger charge is -2.17. The van der Waals surface area contributed by atoms with Gasteiger partial charge in [-0.1, -0.05) is 56.5 Å². The van der Waals surface area contributed by atoms with Gasteiger partial charge in [-0.3, -0.25) is 4.79 Å². The first-order chi connectivity index (χ1) is 8.24. The third-order valence-electron chi connectivity index (χ3n) is 2.80. The van der Waals surface area contributed by atoms with Crippen molar-refractivity contribution in [1.82, 2.24) is 0 Å². The molecule has 0 unspecified atom stereocenters. The molecule has 1 rings (SSSR count). The first-order valence-corrected chi connectivity index (χ1v) is 6.46. The maximum atomic E-state index is 11.1. The molecule has 0 aliphatic rings. The molecule has 0 spiro atoms. The average molecular weight is 234 g/mol. The van der Waals surface area contributed by atoms with E-state index in [9.17, 15) is 4.79 Å². The number of hydrogen-bond acceptors (Lipinski definition) is 2. The van der Waals surface area contributed by atoms with E-state index in [1.54, 1.807) is 0 Å². The lowest BCUT2D eigenvalue weighted by Crippen LogP contribution is -2.08. The molecule has 0 radical (unpaired) electrons. The van der Waals surface area contributed by atoms with E-state index in [2.05, 4.69) is 6.92 Å². The first kappa shape index (κ1) is 13.8. The molecule has 0 saturated carbocycles. The van der Waals surface area contributed by atoms with E-state index in [1.165, 1.54) is 26.2 Å². The van der Waals surface area contributed by atoms with Gasteiger partial charge < -0.3 is 4.74 Å². The second kappa shape index (κ2) is 7.88. The highest BCUT2D eigenvalue weighted by Gasteiger charge is 2.13. The number of ether oxygens (including phenoxy) is 1. The van der Waals surface area contributed by atoms with Gasteiger partial charge >= 0.3 is 5.97 Å². The van der Waals surface area contributed by atoms with Crippen LogP contribution in [0.3, 0.4) is 0 Å². The lowest BCUT2D eigenvalue weighted by atomic mass is 10.0. The van der Waals surface area contributed by atoms with Crippen LogP contribution in [0.5, 0.6) is 0 Å². The molecule has 2 heteroatoms. The van der Waals surface area contributed by atoms with E-state index in [0.29, 0.717) is 0 Å². The van der Waals surface area contributed by atoms with E-state index in [1.807, 2.05) is 30.3 Å². The number of rotatable bonds is 7. The van der Waals surface area contributed by atoms with Crippen molar-refractivity contribution in [1.29, 1.82) is 0 Å². The lowest BCUT2D eigenvalue weighted by molar-refractivity contribution is -0.147. The SMILES string of the molecule is CCCCCC[C@H](OC(C)=O)c1ccccc1. The van der Waals surface area contributed by atoms with Crippen LogP contribution in [0.2, 0.25) is 0 Å². The Labute approximate surface area is 104 Å². The Morgan fingerprint density at radius 3 is 2.47 bits per heavy atom. The number of esters is 1. The van der Waals surface area contributed by atoms with Gasteiger partial charge in [0.25, 0.3) is 0 Å². The summed E-state index contributed by atoms with van der Waals surface area (Å²) in [4.78, 5) is 11.1. The third-order valence-corrected chi connectivity index (χ3v) is 2.80. The van der Waals surface area contributed by atoms with E-state index in [4.69, 9.17) is 4.74 Å². The van der Waals surface area contributed by atoms with Gasteiger partial charge in [-0.15, -0.1) is 0 Å². The largest absolute Gasteiger partial charge is 0.458 e. The van der Waals surface area contributed by atoms with Crippen LogP contribution < -0.4 is 0 Å². The zero-order valence-electron chi connectivity index (χ0n) is 10.8. The van der Waals surface area contributed by atoms with Gasteiger partial charge in [-0.05, 0) is 18.4 Å². The Morgan fingerprint density at radius 2 is 1.88 bits per heavy atom. The molecular weight excluding hydrogens is 212 g/mol. The number of unbranched alkanes of at least 4 members (excludes halogenated alkanes) is 3. The Balaban J connectivity index is 2.52. The fourth-order valence-corrected chi connectivity index (χ4v) is 1.92. The molecule has 2 nitrogen and oxygen atoms in total. The van der Waals surface area contributed by atoms with Crippen LogP contribution in [0.4, 0.5) is 0 Å². The molecule has 0 saturated heterocycles. The predicted octanol–water partition coefficient (Wildman–Crippen LogP) is 4.26. The molecule has 1 aromatic carbocycles. The molecule has 0 aliphatic heterocycles. The van der Waals surface area contributed by atoms with Crippen LogP contribution in [-0.4, -0.2) is 5.97 Å². The molecule has 0 bridgehead atoms. The molecule has 0 aromatic heterocycles. The molecule has 0 heterocycles. The highest BCUT2D eigenvalue weighted by molar-refractivity contribution is 5.66. The molecule has 0 N–H and O–H groups in total. The van der Waals surface area contributed by atoms with Gasteiger partial charge in [0.2, 0.25) is 0 Å². The Kier molecular flexibility index (Phi) is 6.38. The zero-order valence-corrected chi connectivity index (χ0v) is 10.8. The fourth-order valence-electron chi connectivity index (χ4n) is 1.92. The van der Waals surface area contributed by atoms with Gasteiger partial charge in [0.15, 0.2) is 0 Å². The van der Waals surface area contributed by atoms with Crippen molar-refractivity contribution < 1.29 is 9.53 Å². The second-order valence-corrected chi connectivity index (χ2v) is 4.36. The van der Waals surface area contributed by atoms with Crippen molar-refractivity contribution in [3.63, 3.8) is 0 Å². The van der Waals surface area contributed by atoms with Gasteiger partial charge in [-0.2, -0.15) is 0 Å². The summed E-state index contributed by atoms with van der Waals surface area (Å²) in [5.74, 6) is -0.200. The molecule has 0 fully saturated rings. The molecule has 0 aliphatic carbocycles. The molecule has 0 amide bonds. The monoisotopic (exact) mass is 234 g/mol. The van der Waals surface area contributed by atoms with E-state index in [0.717, 1.165) is 18.4 Å². The number of carbonyl (C=O) groups is 1. The first-order valence-electron chi connectivity index (χ1n) is 6.46. The number of benzene rings is 1. The van der Waals surface area contributed by atoms with Crippen LogP contribution in [0.1, 0.15) is 57.6 Å². The van der Waals surface area contributed by atoms with Crippen molar-refractivity contribution in [2.45, 2.75) is 52.1 Å². The highest BCUT2D eigenvalue weighted by atomic mass is 16.5. The van der Waals surface area contributed by atoms with Crippen molar-refractivity contribution in [2.75, 3.05) is 0 Å². The van der Waals surface area contributed by atoms with Gasteiger partial charge in [-0.25, -0.2) is 0 Å². The standard InChI is InChI=1S/C15H22O2/c1-3-4-5-9-12-15(17-13(2)16)14-10-7-6-8-11-14/h6-8,10-11,15H,3-5,9,12H2,1-2H3/t15-/m0/s1. The summed E-state index contributed by atoms with van der Waals surface area (Å²) in [6.45, 7) is 3.67. The minimum Gasteiger partial charge on any atom is -0.458 e. The summed E-state index contributed by atoms with van der Waals surface area (Å²) in [5, 5.41) is 0. The summed E-state index contributed by atoms with van der Waals surface area (Å²) in [7, 11) is 0. The van der Waals surface area contributed by atoms with Crippen LogP contribution in [0, 0.1) is 0 Å². The average Bonchev–Trinajstić information content (AvgIpc) is 2.34. The minimum absolute atomic E-state index is 0.0782. The summed E-state index contributed by atoms with van der Waals surface area (Å²) in [6.07, 6.45) is 5.64. The molecule has 1 atom stereocenters. The maximum absolute atomic E-state index is 11.1. The van der Waals surface area contributed by atoms with Crippen LogP contribution in [-0.2, 0) is 9.53 Å². The topological polar surface area (TPSA) is 26.3 Å². The Morgan fingerprint density at radius 1 is 1.18 bits per heavy atom. The van der Waals surface area contributed by atoms with Crippen molar-refractivity contribution in [3.05, 3.63) is 35.9 Å². The second-order valence-electron chi connectivity index (χ2n) is 4.36. The normalized spacial score (nSPS) is 12.1. The predicted molar refractivity (Wildman–Crippen MR) is 69.7 cm³/mol. The van der Waals surface area contributed by atoms with E-state index in [-0.39, 0.29) is 12.1 Å². The maximum Gasteiger partial charge on any atom is 0.303 e. The van der Waals surface area contributed by atoms with Crippen LogP contribution in [0.15, 0.2) is 30.3 Å². The molecular formula is C15H22O2. The van der Waals surface area contributed by atoms with Crippen molar-refractivity contribution in [2.24, 2.45) is 0 Å². The summed E-state index contributed by atoms with van der Waals surface area (Å²) >= 11 is 0. The smallest absolute Gasteiger partial charge is 0.303 e. The Bertz CT molecular complexity index is 319. The summed E-state index contributed by atoms with van der Waals surface area (Å²) in [5.41, 5.74) is 1.10. The van der Waals surface area contributed by atoms with Gasteiger partial charge in [0.1, 0.15) is 6.10 Å². The van der Waals surface area contributed by atoms with Crippen LogP contribution in [0.25, 0.3) is 0 Å². The molecule has 17 heavy (non-hydrogen) atoms. The van der Waals surface area contributed by atoms with Gasteiger partial charge in [0, 0.05) is 6.92 Å². The number of hydrogen-bond donors (Lipinski definition) is 0. The molecule has 94 valence electrons.